The highest BCUT2D eigenvalue weighted by atomic mass is 32.2. The summed E-state index contributed by atoms with van der Waals surface area (Å²) in [5.41, 5.74) is 7.63. The van der Waals surface area contributed by atoms with Gasteiger partial charge in [-0.25, -0.2) is 8.42 Å². The Morgan fingerprint density at radius 1 is 1.09 bits per heavy atom. The Labute approximate surface area is 203 Å². The van der Waals surface area contributed by atoms with Crippen LogP contribution in [-0.4, -0.2) is 37.1 Å². The van der Waals surface area contributed by atoms with Crippen molar-refractivity contribution in [1.29, 1.82) is 0 Å². The van der Waals surface area contributed by atoms with E-state index in [2.05, 4.69) is 5.32 Å². The number of nitrogens with zero attached hydrogens (tertiary/aromatic N) is 1. The number of carbonyl (C=O) groups excluding carboxylic acids is 2. The predicted molar refractivity (Wildman–Crippen MR) is 135 cm³/mol. The molecule has 0 saturated carbocycles. The minimum Gasteiger partial charge on any atom is -0.365 e. The van der Waals surface area contributed by atoms with Gasteiger partial charge in [0.2, 0.25) is 10.0 Å². The number of nitrogens with two attached hydrogens (primary N) is 1. The van der Waals surface area contributed by atoms with Crippen molar-refractivity contribution in [3.63, 3.8) is 0 Å². The summed E-state index contributed by atoms with van der Waals surface area (Å²) in [5.74, 6) is -1.15. The number of rotatable bonds is 6. The first-order valence-corrected chi connectivity index (χ1v) is 13.4. The second kappa shape index (κ2) is 9.69. The summed E-state index contributed by atoms with van der Waals surface area (Å²) < 4.78 is 27.9. The van der Waals surface area contributed by atoms with Crippen LogP contribution in [0.5, 0.6) is 0 Å². The summed E-state index contributed by atoms with van der Waals surface area (Å²) in [6.45, 7) is 4.24. The van der Waals surface area contributed by atoms with Crippen molar-refractivity contribution in [3.05, 3.63) is 70.6 Å². The second-order valence-corrected chi connectivity index (χ2v) is 11.5. The van der Waals surface area contributed by atoms with Crippen LogP contribution in [0.3, 0.4) is 0 Å². The zero-order valence-corrected chi connectivity index (χ0v) is 20.7. The van der Waals surface area contributed by atoms with Crippen LogP contribution >= 0.6 is 11.3 Å². The lowest BCUT2D eigenvalue weighted by atomic mass is 10.0. The maximum absolute atomic E-state index is 13.2. The van der Waals surface area contributed by atoms with Crippen molar-refractivity contribution < 1.29 is 18.0 Å². The number of benzene rings is 2. The third-order valence-corrected chi connectivity index (χ3v) is 9.10. The largest absolute Gasteiger partial charge is 0.365 e. The molecule has 9 heteroatoms. The third kappa shape index (κ3) is 4.64. The van der Waals surface area contributed by atoms with Gasteiger partial charge in [-0.2, -0.15) is 4.31 Å². The van der Waals surface area contributed by atoms with Gasteiger partial charge in [0, 0.05) is 28.6 Å². The van der Waals surface area contributed by atoms with E-state index in [9.17, 15) is 18.0 Å². The molecule has 4 rings (SSSR count). The molecule has 3 N–H and O–H groups in total. The van der Waals surface area contributed by atoms with E-state index in [0.29, 0.717) is 17.1 Å². The van der Waals surface area contributed by atoms with E-state index >= 15 is 0 Å². The monoisotopic (exact) mass is 497 g/mol. The fourth-order valence-electron chi connectivity index (χ4n) is 4.36. The average molecular weight is 498 g/mol. The summed E-state index contributed by atoms with van der Waals surface area (Å²) in [6, 6.07) is 15.3. The highest BCUT2D eigenvalue weighted by Gasteiger charge is 2.31. The van der Waals surface area contributed by atoms with Gasteiger partial charge in [0.05, 0.1) is 10.5 Å². The molecule has 1 unspecified atom stereocenters. The first-order chi connectivity index (χ1) is 16.2. The number of hydrogen-bond acceptors (Lipinski definition) is 5. The predicted octanol–water partition coefficient (Wildman–Crippen LogP) is 4.64. The van der Waals surface area contributed by atoms with Crippen molar-refractivity contribution in [2.45, 2.75) is 44.0 Å². The highest BCUT2D eigenvalue weighted by Crippen LogP contribution is 2.39. The Balaban J connectivity index is 1.65. The number of sulfonamides is 1. The third-order valence-electron chi connectivity index (χ3n) is 6.07. The molecule has 1 fully saturated rings. The molecule has 3 aromatic rings. The Morgan fingerprint density at radius 2 is 1.82 bits per heavy atom. The quantitative estimate of drug-likeness (QED) is 0.517. The van der Waals surface area contributed by atoms with Crippen molar-refractivity contribution in [1.82, 2.24) is 4.31 Å². The molecule has 7 nitrogen and oxygen atoms in total. The van der Waals surface area contributed by atoms with Gasteiger partial charge in [0.25, 0.3) is 11.8 Å². The van der Waals surface area contributed by atoms with Gasteiger partial charge in [-0.3, -0.25) is 9.59 Å². The minimum absolute atomic E-state index is 0.0800. The molecule has 0 spiro atoms. The molecule has 2 heterocycles. The second-order valence-electron chi connectivity index (χ2n) is 8.41. The van der Waals surface area contributed by atoms with Crippen LogP contribution in [0.2, 0.25) is 0 Å². The number of piperidine rings is 1. The minimum atomic E-state index is -3.72. The van der Waals surface area contributed by atoms with Gasteiger partial charge in [-0.05, 0) is 50.5 Å². The number of amides is 2. The van der Waals surface area contributed by atoms with E-state index in [4.69, 9.17) is 5.73 Å². The van der Waals surface area contributed by atoms with Crippen LogP contribution in [0, 0.1) is 6.92 Å². The van der Waals surface area contributed by atoms with Gasteiger partial charge in [0.15, 0.2) is 0 Å². The molecule has 1 aromatic heterocycles. The first-order valence-electron chi connectivity index (χ1n) is 11.1. The van der Waals surface area contributed by atoms with Crippen molar-refractivity contribution in [3.8, 4) is 11.1 Å². The smallest absolute Gasteiger partial charge is 0.256 e. The normalized spacial score (nSPS) is 16.8. The molecule has 34 heavy (non-hydrogen) atoms. The molecule has 2 aromatic carbocycles. The fraction of sp³-hybridized carbons (Fsp3) is 0.280. The van der Waals surface area contributed by atoms with Gasteiger partial charge < -0.3 is 11.1 Å². The average Bonchev–Trinajstić information content (AvgIpc) is 3.15. The maximum atomic E-state index is 13.2. The van der Waals surface area contributed by atoms with Crippen LogP contribution < -0.4 is 11.1 Å². The van der Waals surface area contributed by atoms with E-state index in [0.717, 1.165) is 29.7 Å². The Morgan fingerprint density at radius 3 is 2.50 bits per heavy atom. The molecule has 1 aliphatic rings. The van der Waals surface area contributed by atoms with Crippen LogP contribution in [0.4, 0.5) is 5.00 Å². The van der Waals surface area contributed by atoms with Crippen molar-refractivity contribution >= 4 is 38.2 Å². The summed E-state index contributed by atoms with van der Waals surface area (Å²) in [4.78, 5) is 26.4. The zero-order valence-electron chi connectivity index (χ0n) is 19.1. The number of primary amides is 1. The van der Waals surface area contributed by atoms with Crippen LogP contribution in [0.25, 0.3) is 11.1 Å². The first kappa shape index (κ1) is 24.1. The van der Waals surface area contributed by atoms with Crippen LogP contribution in [-0.2, 0) is 10.0 Å². The number of hydrogen-bond donors (Lipinski definition) is 2. The van der Waals surface area contributed by atoms with Crippen LogP contribution in [0.1, 0.15) is 51.8 Å². The number of aryl methyl sites for hydroxylation is 1. The van der Waals surface area contributed by atoms with Gasteiger partial charge >= 0.3 is 0 Å². The van der Waals surface area contributed by atoms with Crippen molar-refractivity contribution in [2.24, 2.45) is 5.73 Å². The molecule has 0 aliphatic carbocycles. The van der Waals surface area contributed by atoms with Gasteiger partial charge in [0.1, 0.15) is 5.00 Å². The van der Waals surface area contributed by atoms with Crippen LogP contribution in [0.15, 0.2) is 59.5 Å². The zero-order chi connectivity index (χ0) is 24.5. The lowest BCUT2D eigenvalue weighted by molar-refractivity contribution is 0.100. The van der Waals surface area contributed by atoms with E-state index in [1.54, 1.807) is 12.1 Å². The molecule has 178 valence electrons. The Hall–Kier alpha value is -3.01. The molecule has 1 atom stereocenters. The number of nitrogens with one attached hydrogen (secondary N) is 1. The van der Waals surface area contributed by atoms with E-state index in [1.165, 1.54) is 27.8 Å². The number of thiophene rings is 1. The van der Waals surface area contributed by atoms with Gasteiger partial charge in [-0.15, -0.1) is 11.3 Å². The molecule has 0 bridgehead atoms. The molecular formula is C25H27N3O4S2. The molecule has 2 amide bonds. The Bertz CT molecular complexity index is 1330. The number of anilines is 1. The van der Waals surface area contributed by atoms with Crippen molar-refractivity contribution in [2.75, 3.05) is 11.9 Å². The summed E-state index contributed by atoms with van der Waals surface area (Å²) in [5, 5.41) is 3.12. The Kier molecular flexibility index (Phi) is 6.88. The summed E-state index contributed by atoms with van der Waals surface area (Å²) in [6.07, 6.45) is 2.64. The van der Waals surface area contributed by atoms with E-state index in [1.807, 2.05) is 44.2 Å². The lowest BCUT2D eigenvalue weighted by Gasteiger charge is -2.32. The molecule has 0 radical (unpaired) electrons. The topological polar surface area (TPSA) is 110 Å². The summed E-state index contributed by atoms with van der Waals surface area (Å²) in [7, 11) is -3.72. The molecular weight excluding hydrogens is 470 g/mol. The summed E-state index contributed by atoms with van der Waals surface area (Å²) >= 11 is 1.26. The number of carbonyl (C=O) groups is 2. The fourth-order valence-corrected chi connectivity index (χ4v) is 7.18. The molecule has 1 saturated heterocycles. The highest BCUT2D eigenvalue weighted by molar-refractivity contribution is 7.89. The standard InChI is InChI=1S/C25H27N3O4S2/c1-16-9-6-7-14-28(16)34(31,32)20-13-8-12-19(15-20)24(30)27-25-22(23(26)29)21(17(2)33-25)18-10-4-3-5-11-18/h3-5,8,10-13,15-16H,6-7,9,14H2,1-2H3,(H2,26,29)(H,27,30). The van der Waals surface area contributed by atoms with E-state index < -0.39 is 21.8 Å². The van der Waals surface area contributed by atoms with Gasteiger partial charge in [-0.1, -0.05) is 42.8 Å². The van der Waals surface area contributed by atoms with E-state index in [-0.39, 0.29) is 22.1 Å². The lowest BCUT2D eigenvalue weighted by Crippen LogP contribution is -2.41. The molecule has 1 aliphatic heterocycles. The maximum Gasteiger partial charge on any atom is 0.256 e. The SMILES string of the molecule is Cc1sc(NC(=O)c2cccc(S(=O)(=O)N3CCCCC3C)c2)c(C(N)=O)c1-c1ccccc1.